The van der Waals surface area contributed by atoms with E-state index in [0.29, 0.717) is 24.3 Å². The van der Waals surface area contributed by atoms with Gasteiger partial charge in [-0.05, 0) is 30.2 Å². The molecule has 2 aromatic rings. The quantitative estimate of drug-likeness (QED) is 0.829. The highest BCUT2D eigenvalue weighted by Crippen LogP contribution is 2.36. The van der Waals surface area contributed by atoms with E-state index >= 15 is 0 Å². The summed E-state index contributed by atoms with van der Waals surface area (Å²) < 4.78 is 33.2. The smallest absolute Gasteiger partial charge is 0.240 e. The molecule has 1 aliphatic heterocycles. The van der Waals surface area contributed by atoms with Crippen LogP contribution in [0, 0.1) is 0 Å². The van der Waals surface area contributed by atoms with Crippen molar-refractivity contribution in [3.8, 4) is 5.75 Å². The molecule has 0 spiro atoms. The Kier molecular flexibility index (Phi) is 5.13. The summed E-state index contributed by atoms with van der Waals surface area (Å²) >= 11 is 0. The molecule has 3 rings (SSSR count). The first-order valence-electron chi connectivity index (χ1n) is 8.48. The first-order valence-corrected chi connectivity index (χ1v) is 9.96. The summed E-state index contributed by atoms with van der Waals surface area (Å²) in [6.07, 6.45) is 2.27. The van der Waals surface area contributed by atoms with Gasteiger partial charge in [0.05, 0.1) is 11.5 Å². The van der Waals surface area contributed by atoms with Crippen LogP contribution in [0.15, 0.2) is 53.4 Å². The van der Waals surface area contributed by atoms with Crippen molar-refractivity contribution in [3.05, 3.63) is 59.7 Å². The molecule has 0 fully saturated rings. The Morgan fingerprint density at radius 3 is 2.60 bits per heavy atom. The van der Waals surface area contributed by atoms with Gasteiger partial charge in [-0.25, -0.2) is 13.1 Å². The first kappa shape index (κ1) is 17.9. The second-order valence-corrected chi connectivity index (χ2v) is 8.11. The Morgan fingerprint density at radius 1 is 1.16 bits per heavy atom. The van der Waals surface area contributed by atoms with E-state index in [9.17, 15) is 13.5 Å². The highest BCUT2D eigenvalue weighted by molar-refractivity contribution is 7.89. The van der Waals surface area contributed by atoms with Crippen molar-refractivity contribution >= 4 is 10.0 Å². The highest BCUT2D eigenvalue weighted by atomic mass is 32.2. The fourth-order valence-corrected chi connectivity index (χ4v) is 4.14. The maximum absolute atomic E-state index is 12.5. The van der Waals surface area contributed by atoms with Crippen LogP contribution in [-0.2, 0) is 22.0 Å². The number of hydrogen-bond acceptors (Lipinski definition) is 4. The van der Waals surface area contributed by atoms with Gasteiger partial charge in [-0.1, -0.05) is 43.7 Å². The Labute approximate surface area is 148 Å². The van der Waals surface area contributed by atoms with Gasteiger partial charge >= 0.3 is 0 Å². The Hall–Kier alpha value is -1.89. The molecule has 2 N–H and O–H groups in total. The number of aliphatic hydroxyl groups is 1. The van der Waals surface area contributed by atoms with E-state index in [4.69, 9.17) is 4.74 Å². The Balaban J connectivity index is 1.76. The van der Waals surface area contributed by atoms with Gasteiger partial charge in [0.2, 0.25) is 10.0 Å². The largest absolute Gasteiger partial charge is 0.493 e. The zero-order valence-corrected chi connectivity index (χ0v) is 15.1. The van der Waals surface area contributed by atoms with Crippen LogP contribution in [0.2, 0.25) is 0 Å². The molecule has 6 heteroatoms. The number of nitrogens with one attached hydrogen (secondary N) is 1. The molecule has 1 heterocycles. The summed E-state index contributed by atoms with van der Waals surface area (Å²) in [5.74, 6) is 0.597. The predicted molar refractivity (Wildman–Crippen MR) is 96.1 cm³/mol. The van der Waals surface area contributed by atoms with Crippen molar-refractivity contribution in [1.82, 2.24) is 4.72 Å². The van der Waals surface area contributed by atoms with Crippen molar-refractivity contribution in [2.24, 2.45) is 0 Å². The van der Waals surface area contributed by atoms with E-state index in [1.165, 1.54) is 0 Å². The van der Waals surface area contributed by atoms with Gasteiger partial charge in [0, 0.05) is 18.5 Å². The zero-order valence-electron chi connectivity index (χ0n) is 14.2. The normalized spacial score (nSPS) is 19.9. The number of para-hydroxylation sites is 1. The molecule has 0 saturated heterocycles. The maximum atomic E-state index is 12.5. The molecule has 0 aromatic heterocycles. The lowest BCUT2D eigenvalue weighted by molar-refractivity contribution is 0.00219. The number of fused-ring (bicyclic) bond motifs is 1. The van der Waals surface area contributed by atoms with E-state index in [2.05, 4.69) is 11.6 Å². The third-order valence-corrected chi connectivity index (χ3v) is 5.91. The number of sulfonamides is 1. The van der Waals surface area contributed by atoms with Crippen LogP contribution in [0.4, 0.5) is 0 Å². The summed E-state index contributed by atoms with van der Waals surface area (Å²) in [7, 11) is -3.68. The zero-order chi connectivity index (χ0) is 17.9. The Morgan fingerprint density at radius 2 is 1.88 bits per heavy atom. The number of ether oxygens (including phenoxy) is 1. The van der Waals surface area contributed by atoms with Gasteiger partial charge in [-0.3, -0.25) is 0 Å². The lowest BCUT2D eigenvalue weighted by Gasteiger charge is -2.34. The van der Waals surface area contributed by atoms with Gasteiger partial charge in [-0.15, -0.1) is 0 Å². The molecule has 134 valence electrons. The molecular weight excluding hydrogens is 338 g/mol. The fourth-order valence-electron chi connectivity index (χ4n) is 3.05. The van der Waals surface area contributed by atoms with Crippen molar-refractivity contribution < 1.29 is 18.3 Å². The molecule has 0 radical (unpaired) electrons. The van der Waals surface area contributed by atoms with Crippen LogP contribution < -0.4 is 9.46 Å². The molecule has 0 saturated carbocycles. The standard InChI is InChI=1S/C19H23NO4S/c1-2-5-15-8-10-16(11-9-15)25(22,23)20-14-19(21)12-13-24-18-7-4-3-6-17(18)19/h3-4,6-11,20-21H,2,5,12-14H2,1H3. The van der Waals surface area contributed by atoms with Crippen molar-refractivity contribution in [2.45, 2.75) is 36.7 Å². The van der Waals surface area contributed by atoms with E-state index in [0.717, 1.165) is 18.4 Å². The Bertz CT molecular complexity index is 833. The van der Waals surface area contributed by atoms with E-state index in [-0.39, 0.29) is 11.4 Å². The molecule has 0 aliphatic carbocycles. The second kappa shape index (κ2) is 7.15. The average Bonchev–Trinajstić information content (AvgIpc) is 2.62. The van der Waals surface area contributed by atoms with Crippen LogP contribution in [0.25, 0.3) is 0 Å². The van der Waals surface area contributed by atoms with E-state index in [1.54, 1.807) is 30.3 Å². The van der Waals surface area contributed by atoms with Gasteiger partial charge < -0.3 is 9.84 Å². The van der Waals surface area contributed by atoms with Crippen LogP contribution in [0.5, 0.6) is 5.75 Å². The molecular formula is C19H23NO4S. The lowest BCUT2D eigenvalue weighted by atomic mass is 9.88. The lowest BCUT2D eigenvalue weighted by Crippen LogP contribution is -2.43. The average molecular weight is 361 g/mol. The summed E-state index contributed by atoms with van der Waals surface area (Å²) in [4.78, 5) is 0.205. The second-order valence-electron chi connectivity index (χ2n) is 6.34. The molecule has 25 heavy (non-hydrogen) atoms. The topological polar surface area (TPSA) is 75.6 Å². The molecule has 1 unspecified atom stereocenters. The van der Waals surface area contributed by atoms with Crippen molar-refractivity contribution in [2.75, 3.05) is 13.2 Å². The molecule has 1 atom stereocenters. The van der Waals surface area contributed by atoms with Crippen LogP contribution >= 0.6 is 0 Å². The molecule has 0 amide bonds. The van der Waals surface area contributed by atoms with Crippen LogP contribution in [-0.4, -0.2) is 26.7 Å². The highest BCUT2D eigenvalue weighted by Gasteiger charge is 2.36. The third kappa shape index (κ3) is 3.86. The van der Waals surface area contributed by atoms with Crippen molar-refractivity contribution in [1.29, 1.82) is 0 Å². The monoisotopic (exact) mass is 361 g/mol. The summed E-state index contributed by atoms with van der Waals surface area (Å²) in [6.45, 7) is 2.34. The third-order valence-electron chi connectivity index (χ3n) is 4.49. The maximum Gasteiger partial charge on any atom is 0.240 e. The van der Waals surface area contributed by atoms with Gasteiger partial charge in [-0.2, -0.15) is 0 Å². The van der Waals surface area contributed by atoms with Crippen LogP contribution in [0.3, 0.4) is 0 Å². The minimum atomic E-state index is -3.68. The number of benzene rings is 2. The van der Waals surface area contributed by atoms with Crippen molar-refractivity contribution in [3.63, 3.8) is 0 Å². The van der Waals surface area contributed by atoms with E-state index < -0.39 is 15.6 Å². The molecule has 5 nitrogen and oxygen atoms in total. The SMILES string of the molecule is CCCc1ccc(S(=O)(=O)NCC2(O)CCOc3ccccc32)cc1. The van der Waals surface area contributed by atoms with Gasteiger partial charge in [0.1, 0.15) is 11.4 Å². The molecule has 1 aliphatic rings. The molecule has 2 aromatic carbocycles. The summed E-state index contributed by atoms with van der Waals surface area (Å²) in [6, 6.07) is 14.0. The summed E-state index contributed by atoms with van der Waals surface area (Å²) in [5.41, 5.74) is 0.449. The predicted octanol–water partition coefficient (Wildman–Crippen LogP) is 2.59. The minimum absolute atomic E-state index is 0.0909. The number of aryl methyl sites for hydroxylation is 1. The molecule has 0 bridgehead atoms. The van der Waals surface area contributed by atoms with E-state index in [1.807, 2.05) is 18.2 Å². The van der Waals surface area contributed by atoms with Crippen LogP contribution in [0.1, 0.15) is 30.9 Å². The van der Waals surface area contributed by atoms with Gasteiger partial charge in [0.15, 0.2) is 0 Å². The first-order chi connectivity index (χ1) is 11.9. The number of rotatable bonds is 6. The summed E-state index contributed by atoms with van der Waals surface area (Å²) in [5, 5.41) is 10.9. The number of hydrogen-bond donors (Lipinski definition) is 2. The fraction of sp³-hybridized carbons (Fsp3) is 0.368. The van der Waals surface area contributed by atoms with Gasteiger partial charge in [0.25, 0.3) is 0 Å². The minimum Gasteiger partial charge on any atom is -0.493 e.